The van der Waals surface area contributed by atoms with Crippen molar-refractivity contribution in [3.05, 3.63) is 45.3 Å². The summed E-state index contributed by atoms with van der Waals surface area (Å²) in [6.07, 6.45) is 2.48. The van der Waals surface area contributed by atoms with Crippen LogP contribution in [0.4, 0.5) is 19.3 Å². The highest BCUT2D eigenvalue weighted by Gasteiger charge is 2.32. The van der Waals surface area contributed by atoms with Crippen molar-refractivity contribution in [2.75, 3.05) is 25.1 Å². The number of alkyl carbamates (subject to hydrolysis) is 1. The topological polar surface area (TPSA) is 156 Å². The number of piperidine rings is 1. The number of benzene rings is 1. The Kier molecular flexibility index (Phi) is 10.6. The first-order chi connectivity index (χ1) is 22.0. The van der Waals surface area contributed by atoms with Gasteiger partial charge in [0, 0.05) is 38.2 Å². The molecule has 1 aliphatic heterocycles. The summed E-state index contributed by atoms with van der Waals surface area (Å²) < 4.78 is 43.7. The number of allylic oxidation sites excluding steroid dienone is 1. The van der Waals surface area contributed by atoms with Crippen LogP contribution in [0.15, 0.2) is 28.5 Å². The van der Waals surface area contributed by atoms with E-state index in [-0.39, 0.29) is 47.8 Å². The van der Waals surface area contributed by atoms with Gasteiger partial charge in [0.05, 0.1) is 24.1 Å². The van der Waals surface area contributed by atoms with E-state index in [1.165, 1.54) is 27.2 Å². The van der Waals surface area contributed by atoms with E-state index < -0.39 is 64.1 Å². The number of aromatic carboxylic acids is 1. The molecule has 2 amide bonds. The summed E-state index contributed by atoms with van der Waals surface area (Å²) in [6.45, 7) is 8.36. The Hall–Kier alpha value is -4.49. The molecule has 1 aromatic carbocycles. The molecule has 1 aliphatic carbocycles. The highest BCUT2D eigenvalue weighted by atomic mass is 19.1. The molecule has 1 saturated carbocycles. The van der Waals surface area contributed by atoms with Gasteiger partial charge in [-0.25, -0.2) is 18.4 Å². The highest BCUT2D eigenvalue weighted by molar-refractivity contribution is 5.97. The van der Waals surface area contributed by atoms with Crippen LogP contribution in [0.25, 0.3) is 10.9 Å². The molecule has 0 spiro atoms. The number of ether oxygens (including phenoxy) is 2. The number of nitrogens with one attached hydrogen (secondary N) is 2. The van der Waals surface area contributed by atoms with Crippen LogP contribution >= 0.6 is 0 Å². The third kappa shape index (κ3) is 8.27. The van der Waals surface area contributed by atoms with Crippen molar-refractivity contribution in [2.45, 2.75) is 96.9 Å². The number of anilines is 1. The molecule has 256 valence electrons. The predicted molar refractivity (Wildman–Crippen MR) is 170 cm³/mol. The number of ketones is 1. The molecule has 1 saturated heterocycles. The molecule has 2 fully saturated rings. The van der Waals surface area contributed by atoms with Gasteiger partial charge in [-0.2, -0.15) is 0 Å². The largest absolute Gasteiger partial charge is 0.492 e. The maximum absolute atomic E-state index is 15.8. The number of rotatable bonds is 11. The summed E-state index contributed by atoms with van der Waals surface area (Å²) >= 11 is 0. The van der Waals surface area contributed by atoms with Crippen LogP contribution in [-0.4, -0.2) is 71.3 Å². The molecular formula is C33H42F2N4O8. The molecule has 12 nitrogen and oxygen atoms in total. The van der Waals surface area contributed by atoms with Crippen LogP contribution < -0.4 is 25.7 Å². The van der Waals surface area contributed by atoms with Gasteiger partial charge in [-0.15, -0.1) is 0 Å². The number of carbonyl (C=O) groups is 4. The molecule has 14 heteroatoms. The number of carbonyl (C=O) groups excluding carboxylic acids is 3. The summed E-state index contributed by atoms with van der Waals surface area (Å²) in [5.74, 6) is -3.66. The number of nitrogens with zero attached hydrogens (tertiary/aromatic N) is 2. The monoisotopic (exact) mass is 660 g/mol. The number of Topliss-reactive ketones (excluding diaryl/α,β-unsaturated/α-hetero) is 1. The Labute approximate surface area is 271 Å². The molecule has 0 bridgehead atoms. The van der Waals surface area contributed by atoms with Crippen molar-refractivity contribution in [3.63, 3.8) is 0 Å². The minimum Gasteiger partial charge on any atom is -0.492 e. The number of hydrogen-bond donors (Lipinski definition) is 3. The van der Waals surface area contributed by atoms with Gasteiger partial charge in [-0.05, 0) is 71.9 Å². The normalized spacial score (nSPS) is 17.5. The lowest BCUT2D eigenvalue weighted by Gasteiger charge is -2.33. The second kappa shape index (κ2) is 14.1. The number of pyridine rings is 1. The number of aromatic nitrogens is 1. The van der Waals surface area contributed by atoms with Crippen molar-refractivity contribution in [1.29, 1.82) is 0 Å². The molecule has 2 heterocycles. The number of methoxy groups -OCH3 is 1. The van der Waals surface area contributed by atoms with E-state index >= 15 is 8.78 Å². The van der Waals surface area contributed by atoms with E-state index in [0.29, 0.717) is 25.0 Å². The minimum atomic E-state index is -1.41. The second-order valence-electron chi connectivity index (χ2n) is 13.0. The quantitative estimate of drug-likeness (QED) is 0.309. The van der Waals surface area contributed by atoms with Gasteiger partial charge in [0.2, 0.25) is 11.3 Å². The fourth-order valence-electron chi connectivity index (χ4n) is 5.60. The molecule has 2 atom stereocenters. The second-order valence-corrected chi connectivity index (χ2v) is 13.0. The van der Waals surface area contributed by atoms with E-state index in [9.17, 15) is 29.1 Å². The average molecular weight is 661 g/mol. The van der Waals surface area contributed by atoms with E-state index in [0.717, 1.165) is 18.9 Å². The fraction of sp³-hybridized carbons (Fsp3) is 0.545. The van der Waals surface area contributed by atoms with Gasteiger partial charge in [0.15, 0.2) is 17.3 Å². The molecule has 47 heavy (non-hydrogen) atoms. The lowest BCUT2D eigenvalue weighted by atomic mass is 9.99. The van der Waals surface area contributed by atoms with Gasteiger partial charge in [0.25, 0.3) is 0 Å². The number of carboxylic acids is 1. The van der Waals surface area contributed by atoms with Gasteiger partial charge >= 0.3 is 12.1 Å². The van der Waals surface area contributed by atoms with Crippen LogP contribution in [0, 0.1) is 5.82 Å². The summed E-state index contributed by atoms with van der Waals surface area (Å²) in [4.78, 5) is 63.6. The Morgan fingerprint density at radius 3 is 2.38 bits per heavy atom. The zero-order chi connectivity index (χ0) is 34.8. The maximum atomic E-state index is 15.8. The Morgan fingerprint density at radius 1 is 1.11 bits per heavy atom. The number of fused-ring (bicyclic) bond motifs is 1. The standard InChI is InChI=1S/C33H42F2N4O8/c1-17(36-30(42)18(2)37-32(45)47-33(3,4)5)25(40)12-11-23(34)19-8-7-13-38(15-19)27-24(35)14-21-26(29(27)46-6)39(20-9-10-20)16-22(28(21)41)31(43)44/h14,16-18,20H,7-13,15H2,1-6H3,(H,36,42)(H,37,45)(H,43,44)/b23-19+/t17-,18-/m0/s1. The highest BCUT2D eigenvalue weighted by Crippen LogP contribution is 2.44. The Bertz CT molecular complexity index is 1680. The van der Waals surface area contributed by atoms with Crippen molar-refractivity contribution in [1.82, 2.24) is 15.2 Å². The van der Waals surface area contributed by atoms with Crippen molar-refractivity contribution in [3.8, 4) is 5.75 Å². The molecule has 0 radical (unpaired) electrons. The van der Waals surface area contributed by atoms with E-state index in [1.54, 1.807) is 30.2 Å². The van der Waals surface area contributed by atoms with Crippen LogP contribution in [0.3, 0.4) is 0 Å². The molecule has 4 rings (SSSR count). The summed E-state index contributed by atoms with van der Waals surface area (Å²) in [6, 6.07) is -0.953. The van der Waals surface area contributed by atoms with Crippen molar-refractivity contribution in [2.24, 2.45) is 0 Å². The van der Waals surface area contributed by atoms with E-state index in [1.807, 2.05) is 0 Å². The smallest absolute Gasteiger partial charge is 0.408 e. The SMILES string of the molecule is COc1c(N2CCC/C(=C(\F)CCC(=O)[C@H](C)NC(=O)[C@H](C)NC(=O)OC(C)(C)C)C2)c(F)cc2c(=O)c(C(=O)O)cn(C3CC3)c12. The zero-order valence-electron chi connectivity index (χ0n) is 27.5. The zero-order valence-corrected chi connectivity index (χ0v) is 27.5. The summed E-state index contributed by atoms with van der Waals surface area (Å²) in [5, 5.41) is 14.4. The van der Waals surface area contributed by atoms with Crippen molar-refractivity contribution >= 4 is 40.3 Å². The molecule has 2 aromatic rings. The molecule has 0 unspecified atom stereocenters. The fourth-order valence-corrected chi connectivity index (χ4v) is 5.60. The van der Waals surface area contributed by atoms with E-state index in [4.69, 9.17) is 9.47 Å². The lowest BCUT2D eigenvalue weighted by Crippen LogP contribution is -2.50. The first-order valence-electron chi connectivity index (χ1n) is 15.6. The van der Waals surface area contributed by atoms with Crippen LogP contribution in [-0.2, 0) is 14.3 Å². The van der Waals surface area contributed by atoms with Gasteiger partial charge in [-0.1, -0.05) is 0 Å². The number of carboxylic acid groups (broad SMARTS) is 1. The van der Waals surface area contributed by atoms with Crippen LogP contribution in [0.5, 0.6) is 5.75 Å². The third-order valence-electron chi connectivity index (χ3n) is 8.12. The van der Waals surface area contributed by atoms with Crippen LogP contribution in [0.1, 0.15) is 89.5 Å². The van der Waals surface area contributed by atoms with Crippen LogP contribution in [0.2, 0.25) is 0 Å². The van der Waals surface area contributed by atoms with E-state index in [2.05, 4.69) is 10.6 Å². The first-order valence-corrected chi connectivity index (χ1v) is 15.6. The predicted octanol–water partition coefficient (Wildman–Crippen LogP) is 4.77. The minimum absolute atomic E-state index is 0.0137. The molecule has 1 aromatic heterocycles. The van der Waals surface area contributed by atoms with Gasteiger partial charge < -0.3 is 34.7 Å². The van der Waals surface area contributed by atoms with Gasteiger partial charge in [-0.3, -0.25) is 14.4 Å². The summed E-state index contributed by atoms with van der Waals surface area (Å²) in [7, 11) is 1.34. The number of amides is 2. The number of hydrogen-bond acceptors (Lipinski definition) is 8. The first kappa shape index (κ1) is 35.4. The molecule has 2 aliphatic rings. The van der Waals surface area contributed by atoms with Crippen molar-refractivity contribution < 1.29 is 42.5 Å². The Morgan fingerprint density at radius 2 is 1.79 bits per heavy atom. The Balaban J connectivity index is 1.48. The maximum Gasteiger partial charge on any atom is 0.408 e. The lowest BCUT2D eigenvalue weighted by molar-refractivity contribution is -0.128. The molecular weight excluding hydrogens is 618 g/mol. The summed E-state index contributed by atoms with van der Waals surface area (Å²) in [5.41, 5.74) is -1.31. The third-order valence-corrected chi connectivity index (χ3v) is 8.12. The number of halogens is 2. The average Bonchev–Trinajstić information content (AvgIpc) is 3.83. The van der Waals surface area contributed by atoms with Gasteiger partial charge in [0.1, 0.15) is 28.7 Å². The molecule has 3 N–H and O–H groups in total.